The van der Waals surface area contributed by atoms with E-state index in [9.17, 15) is 27.9 Å². The number of carbonyl (C=O) groups is 1. The SMILES string of the molecule is CC(=O)c1cn(-c2ccc(F)cc2F)c2nc(N3CCC(O)CC3)c(F)cc2c1=O. The number of rotatable bonds is 3. The number of hydrogen-bond acceptors (Lipinski definition) is 5. The molecule has 0 spiro atoms. The van der Waals surface area contributed by atoms with Gasteiger partial charge in [-0.3, -0.25) is 14.2 Å². The van der Waals surface area contributed by atoms with Gasteiger partial charge < -0.3 is 10.0 Å². The van der Waals surface area contributed by atoms with Gasteiger partial charge in [-0.25, -0.2) is 18.2 Å². The predicted octanol–water partition coefficient (Wildman–Crippen LogP) is 2.97. The number of fused-ring (bicyclic) bond motifs is 1. The molecule has 156 valence electrons. The maximum Gasteiger partial charge on any atom is 0.201 e. The number of pyridine rings is 2. The summed E-state index contributed by atoms with van der Waals surface area (Å²) in [5, 5.41) is 9.50. The number of halogens is 3. The van der Waals surface area contributed by atoms with Gasteiger partial charge in [0.25, 0.3) is 0 Å². The van der Waals surface area contributed by atoms with Crippen LogP contribution in [0.25, 0.3) is 16.7 Å². The number of aliphatic hydroxyl groups excluding tert-OH is 1. The molecule has 2 aromatic heterocycles. The Labute approximate surface area is 169 Å². The number of hydrogen-bond donors (Lipinski definition) is 1. The molecule has 4 rings (SSSR count). The van der Waals surface area contributed by atoms with Gasteiger partial charge in [0.15, 0.2) is 23.1 Å². The van der Waals surface area contributed by atoms with Gasteiger partial charge in [0.1, 0.15) is 11.6 Å². The van der Waals surface area contributed by atoms with Gasteiger partial charge in [0.2, 0.25) is 5.43 Å². The first-order valence-electron chi connectivity index (χ1n) is 9.41. The molecule has 1 aliphatic heterocycles. The number of aromatic nitrogens is 2. The van der Waals surface area contributed by atoms with Crippen molar-refractivity contribution in [2.45, 2.75) is 25.9 Å². The molecule has 0 radical (unpaired) electrons. The van der Waals surface area contributed by atoms with E-state index in [4.69, 9.17) is 0 Å². The summed E-state index contributed by atoms with van der Waals surface area (Å²) in [6, 6.07) is 3.84. The van der Waals surface area contributed by atoms with Gasteiger partial charge >= 0.3 is 0 Å². The largest absolute Gasteiger partial charge is 0.393 e. The number of piperidine rings is 1. The van der Waals surface area contributed by atoms with Crippen LogP contribution in [0.4, 0.5) is 19.0 Å². The lowest BCUT2D eigenvalue weighted by molar-refractivity contribution is 0.101. The molecule has 0 atom stereocenters. The van der Waals surface area contributed by atoms with Crippen LogP contribution in [0.2, 0.25) is 0 Å². The number of carbonyl (C=O) groups excluding carboxylic acids is 1. The quantitative estimate of drug-likeness (QED) is 0.664. The van der Waals surface area contributed by atoms with E-state index < -0.39 is 34.8 Å². The molecular formula is C21H18F3N3O3. The van der Waals surface area contributed by atoms with E-state index in [0.717, 1.165) is 29.0 Å². The van der Waals surface area contributed by atoms with E-state index >= 15 is 0 Å². The highest BCUT2D eigenvalue weighted by atomic mass is 19.1. The smallest absolute Gasteiger partial charge is 0.201 e. The number of Topliss-reactive ketones (excluding diaryl/α,β-unsaturated/α-hetero) is 1. The minimum atomic E-state index is -0.928. The number of anilines is 1. The maximum absolute atomic E-state index is 14.9. The number of aliphatic hydroxyl groups is 1. The lowest BCUT2D eigenvalue weighted by Gasteiger charge is -2.31. The summed E-state index contributed by atoms with van der Waals surface area (Å²) in [7, 11) is 0. The van der Waals surface area contributed by atoms with Gasteiger partial charge in [-0.05, 0) is 38.0 Å². The molecule has 0 unspecified atom stereocenters. The van der Waals surface area contributed by atoms with Crippen molar-refractivity contribution in [2.24, 2.45) is 0 Å². The van der Waals surface area contributed by atoms with Crippen LogP contribution in [0.5, 0.6) is 0 Å². The third kappa shape index (κ3) is 3.45. The highest BCUT2D eigenvalue weighted by molar-refractivity contribution is 5.97. The second kappa shape index (κ2) is 7.56. The first-order valence-corrected chi connectivity index (χ1v) is 9.41. The lowest BCUT2D eigenvalue weighted by atomic mass is 10.1. The Balaban J connectivity index is 2.01. The van der Waals surface area contributed by atoms with Crippen LogP contribution in [-0.4, -0.2) is 39.6 Å². The molecule has 0 amide bonds. The number of benzene rings is 1. The fourth-order valence-corrected chi connectivity index (χ4v) is 3.62. The summed E-state index contributed by atoms with van der Waals surface area (Å²) in [6.45, 7) is 1.89. The average Bonchev–Trinajstić information content (AvgIpc) is 2.69. The van der Waals surface area contributed by atoms with Gasteiger partial charge in [-0.15, -0.1) is 0 Å². The maximum atomic E-state index is 14.9. The molecule has 1 aromatic carbocycles. The summed E-state index contributed by atoms with van der Waals surface area (Å²) >= 11 is 0. The highest BCUT2D eigenvalue weighted by Crippen LogP contribution is 2.26. The Morgan fingerprint density at radius 3 is 2.47 bits per heavy atom. The molecule has 30 heavy (non-hydrogen) atoms. The van der Waals surface area contributed by atoms with E-state index in [1.54, 1.807) is 4.90 Å². The zero-order valence-corrected chi connectivity index (χ0v) is 16.0. The zero-order valence-electron chi connectivity index (χ0n) is 16.0. The first kappa shape index (κ1) is 20.1. The normalized spacial score (nSPS) is 15.0. The third-order valence-corrected chi connectivity index (χ3v) is 5.23. The van der Waals surface area contributed by atoms with E-state index in [1.165, 1.54) is 6.92 Å². The Kier molecular flexibility index (Phi) is 5.07. The fraction of sp³-hybridized carbons (Fsp3) is 0.286. The van der Waals surface area contributed by atoms with Gasteiger partial charge in [0, 0.05) is 25.4 Å². The van der Waals surface area contributed by atoms with Crippen LogP contribution < -0.4 is 10.3 Å². The van der Waals surface area contributed by atoms with Crippen molar-refractivity contribution in [2.75, 3.05) is 18.0 Å². The second-order valence-electron chi connectivity index (χ2n) is 7.28. The number of ketones is 1. The van der Waals surface area contributed by atoms with Crippen molar-refractivity contribution in [3.63, 3.8) is 0 Å². The Bertz CT molecular complexity index is 1220. The van der Waals surface area contributed by atoms with Crippen LogP contribution in [0.15, 0.2) is 35.3 Å². The van der Waals surface area contributed by atoms with Crippen molar-refractivity contribution in [3.05, 3.63) is 63.7 Å². The van der Waals surface area contributed by atoms with E-state index in [0.29, 0.717) is 32.0 Å². The molecule has 0 aliphatic carbocycles. The molecule has 1 aliphatic rings. The van der Waals surface area contributed by atoms with Crippen LogP contribution in [0.1, 0.15) is 30.1 Å². The molecule has 0 saturated carbocycles. The van der Waals surface area contributed by atoms with E-state index in [2.05, 4.69) is 4.98 Å². The number of nitrogens with zero attached hydrogens (tertiary/aromatic N) is 3. The fourth-order valence-electron chi connectivity index (χ4n) is 3.62. The molecule has 6 nitrogen and oxygen atoms in total. The first-order chi connectivity index (χ1) is 14.3. The minimum absolute atomic E-state index is 0.0411. The van der Waals surface area contributed by atoms with Crippen molar-refractivity contribution >= 4 is 22.6 Å². The topological polar surface area (TPSA) is 75.4 Å². The Hall–Kier alpha value is -3.20. The van der Waals surface area contributed by atoms with Gasteiger partial charge in [-0.1, -0.05) is 0 Å². The molecular weight excluding hydrogens is 399 g/mol. The van der Waals surface area contributed by atoms with E-state index in [1.807, 2.05) is 0 Å². The summed E-state index contributed by atoms with van der Waals surface area (Å²) < 4.78 is 43.9. The summed E-state index contributed by atoms with van der Waals surface area (Å²) in [5.74, 6) is -3.10. The van der Waals surface area contributed by atoms with Crippen LogP contribution in [0, 0.1) is 17.5 Å². The third-order valence-electron chi connectivity index (χ3n) is 5.23. The summed E-state index contributed by atoms with van der Waals surface area (Å²) in [5.41, 5.74) is -1.18. The molecule has 9 heteroatoms. The molecule has 1 saturated heterocycles. The van der Waals surface area contributed by atoms with Crippen molar-refractivity contribution in [3.8, 4) is 5.69 Å². The highest BCUT2D eigenvalue weighted by Gasteiger charge is 2.24. The summed E-state index contributed by atoms with van der Waals surface area (Å²) in [6.07, 6.45) is 1.52. The Morgan fingerprint density at radius 1 is 1.13 bits per heavy atom. The predicted molar refractivity (Wildman–Crippen MR) is 105 cm³/mol. The van der Waals surface area contributed by atoms with E-state index in [-0.39, 0.29) is 28.1 Å². The Morgan fingerprint density at radius 2 is 1.83 bits per heavy atom. The van der Waals surface area contributed by atoms with Crippen molar-refractivity contribution < 1.29 is 23.1 Å². The van der Waals surface area contributed by atoms with Crippen LogP contribution >= 0.6 is 0 Å². The second-order valence-corrected chi connectivity index (χ2v) is 7.28. The van der Waals surface area contributed by atoms with Crippen molar-refractivity contribution in [1.29, 1.82) is 0 Å². The van der Waals surface area contributed by atoms with Gasteiger partial charge in [-0.2, -0.15) is 0 Å². The molecule has 1 fully saturated rings. The van der Waals surface area contributed by atoms with Crippen LogP contribution in [-0.2, 0) is 0 Å². The monoisotopic (exact) mass is 417 g/mol. The molecule has 3 aromatic rings. The molecule has 3 heterocycles. The summed E-state index contributed by atoms with van der Waals surface area (Å²) in [4.78, 5) is 30.6. The average molecular weight is 417 g/mol. The zero-order chi connectivity index (χ0) is 21.6. The molecule has 1 N–H and O–H groups in total. The minimum Gasteiger partial charge on any atom is -0.393 e. The van der Waals surface area contributed by atoms with Crippen molar-refractivity contribution in [1.82, 2.24) is 9.55 Å². The van der Waals surface area contributed by atoms with Crippen LogP contribution in [0.3, 0.4) is 0 Å². The molecule has 0 bridgehead atoms. The van der Waals surface area contributed by atoms with Gasteiger partial charge in [0.05, 0.1) is 22.7 Å². The lowest BCUT2D eigenvalue weighted by Crippen LogP contribution is -2.37. The standard InChI is InChI=1S/C21H18F3N3O3/c1-11(28)15-10-27(18-3-2-12(22)8-16(18)23)20-14(19(15)30)9-17(24)21(25-20)26-6-4-13(29)5-7-26/h2-3,8-10,13,29H,4-7H2,1H3.